The Morgan fingerprint density at radius 2 is 2.03 bits per heavy atom. The topological polar surface area (TPSA) is 86.9 Å². The molecule has 0 bridgehead atoms. The number of hydrogen-bond acceptors (Lipinski definition) is 5. The Bertz CT molecular complexity index is 1100. The van der Waals surface area contributed by atoms with Gasteiger partial charge in [-0.05, 0) is 31.4 Å². The molecule has 0 aliphatic carbocycles. The number of halogens is 3. The van der Waals surface area contributed by atoms with E-state index in [4.69, 9.17) is 4.74 Å². The lowest BCUT2D eigenvalue weighted by atomic mass is 10.1. The normalized spacial score (nSPS) is 16.5. The molecule has 164 valence electrons. The fourth-order valence-electron chi connectivity index (χ4n) is 3.67. The molecule has 0 radical (unpaired) electrons. The Morgan fingerprint density at radius 3 is 2.74 bits per heavy atom. The quantitative estimate of drug-likeness (QED) is 0.681. The van der Waals surface area contributed by atoms with Crippen LogP contribution in [0, 0.1) is 0 Å². The molecular weight excluding hydrogens is 413 g/mol. The van der Waals surface area contributed by atoms with Crippen molar-refractivity contribution in [2.75, 3.05) is 7.11 Å². The Kier molecular flexibility index (Phi) is 5.42. The number of methoxy groups -OCH3 is 1. The maximum atomic E-state index is 12.9. The summed E-state index contributed by atoms with van der Waals surface area (Å²) in [6, 6.07) is 5.84. The summed E-state index contributed by atoms with van der Waals surface area (Å²) in [4.78, 5) is 16.9. The number of fused-ring (bicyclic) bond motifs is 1. The van der Waals surface area contributed by atoms with Crippen LogP contribution in [-0.2, 0) is 19.8 Å². The van der Waals surface area contributed by atoms with Crippen LogP contribution in [0.2, 0.25) is 0 Å². The maximum absolute atomic E-state index is 12.9. The zero-order valence-corrected chi connectivity index (χ0v) is 17.0. The first kappa shape index (κ1) is 20.9. The van der Waals surface area contributed by atoms with Gasteiger partial charge in [-0.15, -0.1) is 0 Å². The second-order valence-corrected chi connectivity index (χ2v) is 7.32. The van der Waals surface area contributed by atoms with Crippen molar-refractivity contribution in [2.45, 2.75) is 38.0 Å². The first-order valence-electron chi connectivity index (χ1n) is 9.76. The number of nitrogens with one attached hydrogen (secondary N) is 1. The van der Waals surface area contributed by atoms with E-state index < -0.39 is 17.8 Å². The van der Waals surface area contributed by atoms with Gasteiger partial charge in [0.05, 0.1) is 24.5 Å². The van der Waals surface area contributed by atoms with Crippen LogP contribution < -0.4 is 10.1 Å². The van der Waals surface area contributed by atoms with Crippen LogP contribution in [0.3, 0.4) is 0 Å². The SMILES string of the molecule is COc1cc(-c2cc3n(n2)CCCC[C@H]3NC(=O)c2cc(C(F)(F)F)nn2C)ccn1. The monoisotopic (exact) mass is 434 g/mol. The van der Waals surface area contributed by atoms with Gasteiger partial charge in [0.25, 0.3) is 5.91 Å². The molecule has 8 nitrogen and oxygen atoms in total. The largest absolute Gasteiger partial charge is 0.481 e. The van der Waals surface area contributed by atoms with Crippen LogP contribution in [0.15, 0.2) is 30.5 Å². The highest BCUT2D eigenvalue weighted by atomic mass is 19.4. The molecule has 0 spiro atoms. The zero-order valence-electron chi connectivity index (χ0n) is 17.0. The number of hydrogen-bond donors (Lipinski definition) is 1. The molecule has 0 fully saturated rings. The molecule has 3 aromatic heterocycles. The average molecular weight is 434 g/mol. The number of carbonyl (C=O) groups is 1. The zero-order chi connectivity index (χ0) is 22.2. The van der Waals surface area contributed by atoms with E-state index in [9.17, 15) is 18.0 Å². The van der Waals surface area contributed by atoms with Gasteiger partial charge >= 0.3 is 6.18 Å². The number of rotatable bonds is 4. The second kappa shape index (κ2) is 8.05. The Balaban J connectivity index is 1.61. The molecule has 4 heterocycles. The number of ether oxygens (including phenoxy) is 1. The van der Waals surface area contributed by atoms with Gasteiger partial charge in [-0.25, -0.2) is 4.98 Å². The van der Waals surface area contributed by atoms with Gasteiger partial charge in [0.2, 0.25) is 5.88 Å². The summed E-state index contributed by atoms with van der Waals surface area (Å²) in [5.41, 5.74) is 1.08. The maximum Gasteiger partial charge on any atom is 0.435 e. The van der Waals surface area contributed by atoms with Crippen LogP contribution in [0.4, 0.5) is 13.2 Å². The number of pyridine rings is 1. The summed E-state index contributed by atoms with van der Waals surface area (Å²) < 4.78 is 46.8. The summed E-state index contributed by atoms with van der Waals surface area (Å²) in [5, 5.41) is 10.9. The van der Waals surface area contributed by atoms with E-state index in [0.29, 0.717) is 24.5 Å². The van der Waals surface area contributed by atoms with Gasteiger partial charge in [0.15, 0.2) is 5.69 Å². The average Bonchev–Trinajstić information content (AvgIpc) is 3.29. The molecule has 0 aromatic carbocycles. The molecule has 31 heavy (non-hydrogen) atoms. The van der Waals surface area contributed by atoms with E-state index in [1.807, 2.05) is 16.8 Å². The highest BCUT2D eigenvalue weighted by Gasteiger charge is 2.36. The number of amides is 1. The minimum atomic E-state index is -4.61. The van der Waals surface area contributed by atoms with Gasteiger partial charge in [0, 0.05) is 37.5 Å². The van der Waals surface area contributed by atoms with Gasteiger partial charge in [-0.3, -0.25) is 14.2 Å². The molecule has 0 unspecified atom stereocenters. The highest BCUT2D eigenvalue weighted by Crippen LogP contribution is 2.31. The van der Waals surface area contributed by atoms with E-state index in [1.54, 1.807) is 12.3 Å². The highest BCUT2D eigenvalue weighted by molar-refractivity contribution is 5.93. The van der Waals surface area contributed by atoms with Gasteiger partial charge in [0.1, 0.15) is 5.69 Å². The van der Waals surface area contributed by atoms with Crippen molar-refractivity contribution >= 4 is 5.91 Å². The third kappa shape index (κ3) is 4.25. The first-order valence-corrected chi connectivity index (χ1v) is 9.76. The van der Waals surface area contributed by atoms with Crippen molar-refractivity contribution in [2.24, 2.45) is 7.05 Å². The number of aryl methyl sites for hydroxylation is 2. The summed E-state index contributed by atoms with van der Waals surface area (Å²) in [6.45, 7) is 0.688. The van der Waals surface area contributed by atoms with Crippen LogP contribution in [0.5, 0.6) is 5.88 Å². The van der Waals surface area contributed by atoms with Crippen LogP contribution in [0.1, 0.15) is 47.2 Å². The lowest BCUT2D eigenvalue weighted by molar-refractivity contribution is -0.141. The smallest absolute Gasteiger partial charge is 0.435 e. The summed E-state index contributed by atoms with van der Waals surface area (Å²) >= 11 is 0. The summed E-state index contributed by atoms with van der Waals surface area (Å²) in [6.07, 6.45) is -0.604. The predicted molar refractivity (Wildman–Crippen MR) is 104 cm³/mol. The fourth-order valence-corrected chi connectivity index (χ4v) is 3.67. The molecule has 0 saturated carbocycles. The summed E-state index contributed by atoms with van der Waals surface area (Å²) in [5.74, 6) is -0.153. The van der Waals surface area contributed by atoms with E-state index in [1.165, 1.54) is 14.2 Å². The molecule has 0 saturated heterocycles. The van der Waals surface area contributed by atoms with Crippen LogP contribution in [-0.4, -0.2) is 37.6 Å². The second-order valence-electron chi connectivity index (χ2n) is 7.32. The Labute approximate surface area is 176 Å². The number of alkyl halides is 3. The minimum Gasteiger partial charge on any atom is -0.481 e. The summed E-state index contributed by atoms with van der Waals surface area (Å²) in [7, 11) is 2.85. The third-order valence-corrected chi connectivity index (χ3v) is 5.23. The molecule has 1 aliphatic heterocycles. The molecule has 3 aromatic rings. The van der Waals surface area contributed by atoms with Crippen molar-refractivity contribution in [3.05, 3.63) is 47.5 Å². The van der Waals surface area contributed by atoms with Crippen molar-refractivity contribution in [1.29, 1.82) is 0 Å². The van der Waals surface area contributed by atoms with Gasteiger partial charge in [-0.2, -0.15) is 23.4 Å². The molecule has 4 rings (SSSR count). The van der Waals surface area contributed by atoms with E-state index in [-0.39, 0.29) is 11.7 Å². The van der Waals surface area contributed by atoms with Gasteiger partial charge < -0.3 is 10.1 Å². The van der Waals surface area contributed by atoms with Crippen molar-refractivity contribution in [3.8, 4) is 17.1 Å². The molecule has 1 atom stereocenters. The minimum absolute atomic E-state index is 0.151. The van der Waals surface area contributed by atoms with E-state index >= 15 is 0 Å². The molecule has 11 heteroatoms. The molecule has 1 N–H and O–H groups in total. The number of carbonyl (C=O) groups excluding carboxylic acids is 1. The lowest BCUT2D eigenvalue weighted by Crippen LogP contribution is -2.30. The Hall–Kier alpha value is -3.37. The Morgan fingerprint density at radius 1 is 1.23 bits per heavy atom. The standard InChI is InChI=1S/C20H21F3N6O2/c1-28-16(11-17(27-28)20(21,22)23)19(30)25-13-5-3-4-8-29-15(13)10-14(26-29)12-6-7-24-18(9-12)31-2/h6-7,9-11,13H,3-5,8H2,1-2H3,(H,25,30)/t13-/m1/s1. The predicted octanol–water partition coefficient (Wildman–Crippen LogP) is 3.36. The van der Waals surface area contributed by atoms with Crippen molar-refractivity contribution < 1.29 is 22.7 Å². The fraction of sp³-hybridized carbons (Fsp3) is 0.400. The third-order valence-electron chi connectivity index (χ3n) is 5.23. The molecular formula is C20H21F3N6O2. The molecule has 1 aliphatic rings. The van der Waals surface area contributed by atoms with Crippen molar-refractivity contribution in [1.82, 2.24) is 29.9 Å². The van der Waals surface area contributed by atoms with Crippen LogP contribution >= 0.6 is 0 Å². The lowest BCUT2D eigenvalue weighted by Gasteiger charge is -2.17. The first-order chi connectivity index (χ1) is 14.8. The number of aromatic nitrogens is 5. The van der Waals surface area contributed by atoms with Gasteiger partial charge in [-0.1, -0.05) is 0 Å². The molecule has 1 amide bonds. The van der Waals surface area contributed by atoms with E-state index in [0.717, 1.165) is 34.8 Å². The van der Waals surface area contributed by atoms with Crippen LogP contribution in [0.25, 0.3) is 11.3 Å². The number of nitrogens with zero attached hydrogens (tertiary/aromatic N) is 5. The van der Waals surface area contributed by atoms with E-state index in [2.05, 4.69) is 20.5 Å². The van der Waals surface area contributed by atoms with Crippen molar-refractivity contribution in [3.63, 3.8) is 0 Å².